The van der Waals surface area contributed by atoms with Crippen LogP contribution in [0.2, 0.25) is 0 Å². The zero-order chi connectivity index (χ0) is 13.9. The molecule has 1 heterocycles. The van der Waals surface area contributed by atoms with Gasteiger partial charge in [-0.15, -0.1) is 6.58 Å². The summed E-state index contributed by atoms with van der Waals surface area (Å²) in [6.07, 6.45) is 0.935. The molecule has 1 rings (SSSR count). The topological polar surface area (TPSA) is 55.8 Å². The number of hydrogen-bond donors (Lipinski definition) is 0. The van der Waals surface area contributed by atoms with Gasteiger partial charge in [-0.1, -0.05) is 19.9 Å². The highest BCUT2D eigenvalue weighted by Gasteiger charge is 2.45. The van der Waals surface area contributed by atoms with E-state index in [9.17, 15) is 9.59 Å². The van der Waals surface area contributed by atoms with Crippen molar-refractivity contribution in [1.82, 2.24) is 4.90 Å². The van der Waals surface area contributed by atoms with Crippen molar-refractivity contribution in [3.63, 3.8) is 0 Å². The molecule has 18 heavy (non-hydrogen) atoms. The van der Waals surface area contributed by atoms with Crippen LogP contribution in [0.25, 0.3) is 0 Å². The van der Waals surface area contributed by atoms with Crippen LogP contribution in [0.5, 0.6) is 0 Å². The Balaban J connectivity index is 2.99. The number of rotatable bonds is 5. The molecule has 0 spiro atoms. The lowest BCUT2D eigenvalue weighted by molar-refractivity contribution is -0.139. The lowest BCUT2D eigenvalue weighted by Gasteiger charge is -2.31. The van der Waals surface area contributed by atoms with Crippen LogP contribution >= 0.6 is 0 Å². The van der Waals surface area contributed by atoms with Gasteiger partial charge < -0.3 is 9.47 Å². The molecule has 2 atom stereocenters. The van der Waals surface area contributed by atoms with Gasteiger partial charge in [-0.2, -0.15) is 0 Å². The standard InChI is InChI=1S/C13H21NO4/c1-6-13(4,8-17-5)11(15)14-10(9(2)3)7-18-12(14)16/h6,9-10H,1,7-8H2,2-5H3/t10-,13?/m0/s1. The van der Waals surface area contributed by atoms with Crippen LogP contribution in [-0.2, 0) is 14.3 Å². The second-order valence-electron chi connectivity index (χ2n) is 5.12. The fraction of sp³-hybridized carbons (Fsp3) is 0.692. The van der Waals surface area contributed by atoms with Gasteiger partial charge in [-0.05, 0) is 12.8 Å². The monoisotopic (exact) mass is 255 g/mol. The Hall–Kier alpha value is -1.36. The normalized spacial score (nSPS) is 22.8. The zero-order valence-electron chi connectivity index (χ0n) is 11.4. The maximum atomic E-state index is 12.5. The smallest absolute Gasteiger partial charge is 0.417 e. The van der Waals surface area contributed by atoms with Crippen LogP contribution in [0.15, 0.2) is 12.7 Å². The van der Waals surface area contributed by atoms with Crippen LogP contribution in [-0.4, -0.2) is 43.3 Å². The molecule has 5 heteroatoms. The van der Waals surface area contributed by atoms with E-state index in [2.05, 4.69) is 6.58 Å². The van der Waals surface area contributed by atoms with Crippen molar-refractivity contribution < 1.29 is 19.1 Å². The third-order valence-corrected chi connectivity index (χ3v) is 3.28. The lowest BCUT2D eigenvalue weighted by atomic mass is 9.89. The van der Waals surface area contributed by atoms with Gasteiger partial charge in [0.2, 0.25) is 5.91 Å². The molecular formula is C13H21NO4. The van der Waals surface area contributed by atoms with E-state index >= 15 is 0 Å². The fourth-order valence-electron chi connectivity index (χ4n) is 1.94. The summed E-state index contributed by atoms with van der Waals surface area (Å²) in [7, 11) is 1.51. The summed E-state index contributed by atoms with van der Waals surface area (Å²) in [4.78, 5) is 25.4. The first-order valence-electron chi connectivity index (χ1n) is 6.00. The van der Waals surface area contributed by atoms with Crippen molar-refractivity contribution in [1.29, 1.82) is 0 Å². The Bertz CT molecular complexity index is 353. The number of imide groups is 1. The molecule has 0 bridgehead atoms. The predicted octanol–water partition coefficient (Wildman–Crippen LogP) is 1.83. The first kappa shape index (κ1) is 14.7. The zero-order valence-corrected chi connectivity index (χ0v) is 11.4. The van der Waals surface area contributed by atoms with E-state index < -0.39 is 11.5 Å². The van der Waals surface area contributed by atoms with Gasteiger partial charge in [-0.25, -0.2) is 9.69 Å². The van der Waals surface area contributed by atoms with Crippen molar-refractivity contribution in [2.45, 2.75) is 26.8 Å². The van der Waals surface area contributed by atoms with Crippen LogP contribution in [0.3, 0.4) is 0 Å². The second kappa shape index (κ2) is 5.52. The van der Waals surface area contributed by atoms with Crippen molar-refractivity contribution in [2.24, 2.45) is 11.3 Å². The van der Waals surface area contributed by atoms with E-state index in [0.717, 1.165) is 0 Å². The molecule has 5 nitrogen and oxygen atoms in total. The Morgan fingerprint density at radius 2 is 2.33 bits per heavy atom. The minimum absolute atomic E-state index is 0.150. The minimum atomic E-state index is -0.911. The summed E-state index contributed by atoms with van der Waals surface area (Å²) in [5.74, 6) is -0.169. The number of amides is 2. The van der Waals surface area contributed by atoms with Gasteiger partial charge in [0.05, 0.1) is 18.1 Å². The summed E-state index contributed by atoms with van der Waals surface area (Å²) < 4.78 is 10.0. The highest BCUT2D eigenvalue weighted by molar-refractivity contribution is 5.97. The molecule has 1 aliphatic heterocycles. The number of methoxy groups -OCH3 is 1. The summed E-state index contributed by atoms with van der Waals surface area (Å²) in [6.45, 7) is 9.70. The molecule has 0 aromatic heterocycles. The molecule has 1 saturated heterocycles. The molecule has 1 fully saturated rings. The average molecular weight is 255 g/mol. The van der Waals surface area contributed by atoms with E-state index in [1.54, 1.807) is 6.92 Å². The maximum absolute atomic E-state index is 12.5. The minimum Gasteiger partial charge on any atom is -0.447 e. The fourth-order valence-corrected chi connectivity index (χ4v) is 1.94. The number of carbonyl (C=O) groups is 2. The highest BCUT2D eigenvalue weighted by Crippen LogP contribution is 2.28. The molecule has 0 aliphatic carbocycles. The van der Waals surface area contributed by atoms with Crippen LogP contribution < -0.4 is 0 Å². The molecule has 0 radical (unpaired) electrons. The lowest BCUT2D eigenvalue weighted by Crippen LogP contribution is -2.49. The third kappa shape index (κ3) is 2.56. The number of cyclic esters (lactones) is 1. The molecule has 0 aromatic rings. The van der Waals surface area contributed by atoms with Crippen molar-refractivity contribution in [3.05, 3.63) is 12.7 Å². The predicted molar refractivity (Wildman–Crippen MR) is 67.0 cm³/mol. The summed E-state index contributed by atoms with van der Waals surface area (Å²) in [5, 5.41) is 0. The molecular weight excluding hydrogens is 234 g/mol. The van der Waals surface area contributed by atoms with Crippen LogP contribution in [0.4, 0.5) is 4.79 Å². The molecule has 102 valence electrons. The van der Waals surface area contributed by atoms with E-state index in [4.69, 9.17) is 9.47 Å². The van der Waals surface area contributed by atoms with E-state index in [-0.39, 0.29) is 31.1 Å². The summed E-state index contributed by atoms with van der Waals surface area (Å²) in [6, 6.07) is -0.221. The first-order chi connectivity index (χ1) is 8.37. The molecule has 2 amide bonds. The van der Waals surface area contributed by atoms with Gasteiger partial charge in [-0.3, -0.25) is 4.79 Å². The summed E-state index contributed by atoms with van der Waals surface area (Å²) in [5.41, 5.74) is -0.911. The van der Waals surface area contributed by atoms with Gasteiger partial charge in [0.1, 0.15) is 6.61 Å². The Kier molecular flexibility index (Phi) is 4.51. The van der Waals surface area contributed by atoms with Crippen LogP contribution in [0, 0.1) is 11.3 Å². The SMILES string of the molecule is C=CC(C)(COC)C(=O)N1C(=O)OC[C@H]1C(C)C. The van der Waals surface area contributed by atoms with Crippen LogP contribution in [0.1, 0.15) is 20.8 Å². The summed E-state index contributed by atoms with van der Waals surface area (Å²) >= 11 is 0. The van der Waals surface area contributed by atoms with Gasteiger partial charge in [0.25, 0.3) is 0 Å². The number of hydrogen-bond acceptors (Lipinski definition) is 4. The molecule has 0 saturated carbocycles. The van der Waals surface area contributed by atoms with Crippen molar-refractivity contribution in [2.75, 3.05) is 20.3 Å². The second-order valence-corrected chi connectivity index (χ2v) is 5.12. The van der Waals surface area contributed by atoms with E-state index in [1.165, 1.54) is 18.1 Å². The van der Waals surface area contributed by atoms with Gasteiger partial charge >= 0.3 is 6.09 Å². The van der Waals surface area contributed by atoms with Crippen molar-refractivity contribution >= 4 is 12.0 Å². The Labute approximate surface area is 108 Å². The Morgan fingerprint density at radius 3 is 2.78 bits per heavy atom. The molecule has 1 aliphatic rings. The number of carbonyl (C=O) groups excluding carboxylic acids is 2. The van der Waals surface area contributed by atoms with Gasteiger partial charge in [0, 0.05) is 7.11 Å². The highest BCUT2D eigenvalue weighted by atomic mass is 16.6. The molecule has 0 N–H and O–H groups in total. The first-order valence-corrected chi connectivity index (χ1v) is 6.00. The Morgan fingerprint density at radius 1 is 1.72 bits per heavy atom. The largest absolute Gasteiger partial charge is 0.447 e. The maximum Gasteiger partial charge on any atom is 0.417 e. The molecule has 1 unspecified atom stereocenters. The third-order valence-electron chi connectivity index (χ3n) is 3.28. The van der Waals surface area contributed by atoms with E-state index in [0.29, 0.717) is 0 Å². The van der Waals surface area contributed by atoms with Gasteiger partial charge in [0.15, 0.2) is 0 Å². The average Bonchev–Trinajstić information content (AvgIpc) is 2.70. The quantitative estimate of drug-likeness (QED) is 0.703. The number of nitrogens with zero attached hydrogens (tertiary/aromatic N) is 1. The van der Waals surface area contributed by atoms with Crippen molar-refractivity contribution in [3.8, 4) is 0 Å². The molecule has 0 aromatic carbocycles. The number of ether oxygens (including phenoxy) is 2. The van der Waals surface area contributed by atoms with E-state index in [1.807, 2.05) is 13.8 Å².